The number of ether oxygens (including phenoxy) is 2. The van der Waals surface area contributed by atoms with Crippen LogP contribution >= 0.6 is 0 Å². The summed E-state index contributed by atoms with van der Waals surface area (Å²) in [5.74, 6) is 0.175. The number of carboxylic acid groups (broad SMARTS) is 1. The molecule has 6 nitrogen and oxygen atoms in total. The molecular weight excluding hydrogens is 274 g/mol. The van der Waals surface area contributed by atoms with Gasteiger partial charge in [0.15, 0.2) is 11.5 Å². The Balaban J connectivity index is 1.77. The van der Waals surface area contributed by atoms with E-state index in [-0.39, 0.29) is 24.9 Å². The second-order valence-corrected chi connectivity index (χ2v) is 5.23. The zero-order valence-electron chi connectivity index (χ0n) is 11.6. The number of carboxylic acids is 1. The van der Waals surface area contributed by atoms with E-state index in [0.29, 0.717) is 30.3 Å². The van der Waals surface area contributed by atoms with Crippen LogP contribution in [0.2, 0.25) is 0 Å². The minimum atomic E-state index is -0.893. The van der Waals surface area contributed by atoms with Crippen molar-refractivity contribution in [2.45, 2.75) is 25.3 Å². The lowest BCUT2D eigenvalue weighted by Crippen LogP contribution is -2.35. The van der Waals surface area contributed by atoms with Gasteiger partial charge >= 0.3 is 5.97 Å². The molecule has 0 aromatic heterocycles. The summed E-state index contributed by atoms with van der Waals surface area (Å²) in [5, 5.41) is 8.80. The lowest BCUT2D eigenvalue weighted by Gasteiger charge is -2.23. The summed E-state index contributed by atoms with van der Waals surface area (Å²) >= 11 is 0. The zero-order chi connectivity index (χ0) is 14.8. The summed E-state index contributed by atoms with van der Waals surface area (Å²) in [5.41, 5.74) is 0.511. The first-order valence-corrected chi connectivity index (χ1v) is 7.07. The Hall–Kier alpha value is -2.24. The highest BCUT2D eigenvalue weighted by Crippen LogP contribution is 2.33. The zero-order valence-corrected chi connectivity index (χ0v) is 11.6. The van der Waals surface area contributed by atoms with Crippen molar-refractivity contribution in [3.05, 3.63) is 23.8 Å². The number of benzene rings is 1. The van der Waals surface area contributed by atoms with Crippen LogP contribution in [0.5, 0.6) is 11.5 Å². The molecule has 21 heavy (non-hydrogen) atoms. The highest BCUT2D eigenvalue weighted by Gasteiger charge is 2.33. The SMILES string of the molecule is O=C(O)CCN(C(=O)c1ccc2c(c1)OCCO2)C1CC1. The predicted octanol–water partition coefficient (Wildman–Crippen LogP) is 1.54. The van der Waals surface area contributed by atoms with Crippen molar-refractivity contribution in [3.63, 3.8) is 0 Å². The second-order valence-electron chi connectivity index (χ2n) is 5.23. The molecule has 6 heteroatoms. The Morgan fingerprint density at radius 1 is 1.19 bits per heavy atom. The van der Waals surface area contributed by atoms with Crippen molar-refractivity contribution < 1.29 is 24.2 Å². The molecule has 1 N–H and O–H groups in total. The third-order valence-corrected chi connectivity index (χ3v) is 3.60. The third kappa shape index (κ3) is 3.09. The number of carbonyl (C=O) groups excluding carboxylic acids is 1. The molecule has 112 valence electrons. The normalized spacial score (nSPS) is 16.4. The van der Waals surface area contributed by atoms with Crippen LogP contribution in [-0.2, 0) is 4.79 Å². The predicted molar refractivity (Wildman–Crippen MR) is 73.7 cm³/mol. The molecule has 1 aliphatic carbocycles. The fourth-order valence-electron chi connectivity index (χ4n) is 2.39. The number of nitrogens with zero attached hydrogens (tertiary/aromatic N) is 1. The Kier molecular flexibility index (Phi) is 3.68. The van der Waals surface area contributed by atoms with Gasteiger partial charge in [0.05, 0.1) is 6.42 Å². The first kappa shape index (κ1) is 13.7. The van der Waals surface area contributed by atoms with Gasteiger partial charge in [0, 0.05) is 18.2 Å². The summed E-state index contributed by atoms with van der Waals surface area (Å²) in [6.45, 7) is 1.22. The fourth-order valence-corrected chi connectivity index (χ4v) is 2.39. The standard InChI is InChI=1S/C15H17NO5/c17-14(18)5-6-16(11-2-3-11)15(19)10-1-4-12-13(9-10)21-8-7-20-12/h1,4,9,11H,2-3,5-8H2,(H,17,18). The molecule has 1 heterocycles. The van der Waals surface area contributed by atoms with Crippen molar-refractivity contribution >= 4 is 11.9 Å². The highest BCUT2D eigenvalue weighted by atomic mass is 16.6. The van der Waals surface area contributed by atoms with Crippen LogP contribution in [-0.4, -0.2) is 47.7 Å². The van der Waals surface area contributed by atoms with Crippen LogP contribution in [0.3, 0.4) is 0 Å². The summed E-state index contributed by atoms with van der Waals surface area (Å²) in [4.78, 5) is 24.9. The van der Waals surface area contributed by atoms with E-state index < -0.39 is 5.97 Å². The molecule has 0 spiro atoms. The van der Waals surface area contributed by atoms with Crippen LogP contribution in [0.1, 0.15) is 29.6 Å². The Morgan fingerprint density at radius 2 is 1.90 bits per heavy atom. The first-order valence-electron chi connectivity index (χ1n) is 7.07. The average Bonchev–Trinajstić information content (AvgIpc) is 3.31. The van der Waals surface area contributed by atoms with Gasteiger partial charge in [0.25, 0.3) is 5.91 Å². The van der Waals surface area contributed by atoms with E-state index in [9.17, 15) is 9.59 Å². The highest BCUT2D eigenvalue weighted by molar-refractivity contribution is 5.95. The lowest BCUT2D eigenvalue weighted by atomic mass is 10.1. The maximum atomic E-state index is 12.6. The molecule has 0 radical (unpaired) electrons. The van der Waals surface area contributed by atoms with Gasteiger partial charge in [-0.2, -0.15) is 0 Å². The van der Waals surface area contributed by atoms with Gasteiger partial charge in [-0.3, -0.25) is 9.59 Å². The van der Waals surface area contributed by atoms with Crippen LogP contribution in [0.25, 0.3) is 0 Å². The smallest absolute Gasteiger partial charge is 0.305 e. The summed E-state index contributed by atoms with van der Waals surface area (Å²) in [6, 6.07) is 5.27. The minimum Gasteiger partial charge on any atom is -0.486 e. The lowest BCUT2D eigenvalue weighted by molar-refractivity contribution is -0.137. The number of carbonyl (C=O) groups is 2. The molecule has 0 saturated heterocycles. The molecule has 1 aliphatic heterocycles. The van der Waals surface area contributed by atoms with Crippen LogP contribution in [0, 0.1) is 0 Å². The molecule has 1 fully saturated rings. The van der Waals surface area contributed by atoms with Gasteiger partial charge in [-0.1, -0.05) is 0 Å². The molecule has 1 saturated carbocycles. The number of aliphatic carboxylic acids is 1. The van der Waals surface area contributed by atoms with Crippen LogP contribution in [0.15, 0.2) is 18.2 Å². The van der Waals surface area contributed by atoms with E-state index in [1.165, 1.54) is 0 Å². The molecule has 3 rings (SSSR count). The number of hydrogen-bond donors (Lipinski definition) is 1. The molecule has 0 bridgehead atoms. The van der Waals surface area contributed by atoms with Crippen LogP contribution in [0.4, 0.5) is 0 Å². The minimum absolute atomic E-state index is 0.0349. The summed E-state index contributed by atoms with van der Waals surface area (Å²) in [7, 11) is 0. The second kappa shape index (κ2) is 5.63. The molecule has 1 aromatic carbocycles. The molecule has 1 amide bonds. The van der Waals surface area contributed by atoms with Crippen molar-refractivity contribution in [1.29, 1.82) is 0 Å². The maximum Gasteiger partial charge on any atom is 0.305 e. The van der Waals surface area contributed by atoms with E-state index in [0.717, 1.165) is 12.8 Å². The molecule has 1 aromatic rings. The third-order valence-electron chi connectivity index (χ3n) is 3.60. The molecule has 0 unspecified atom stereocenters. The van der Waals surface area contributed by atoms with Gasteiger partial charge in [-0.25, -0.2) is 0 Å². The molecule has 2 aliphatic rings. The average molecular weight is 291 g/mol. The Labute approximate surface area is 122 Å². The number of amides is 1. The van der Waals surface area contributed by atoms with E-state index in [1.54, 1.807) is 23.1 Å². The first-order chi connectivity index (χ1) is 10.1. The van der Waals surface area contributed by atoms with Gasteiger partial charge in [0.2, 0.25) is 0 Å². The van der Waals surface area contributed by atoms with Crippen molar-refractivity contribution in [3.8, 4) is 11.5 Å². The van der Waals surface area contributed by atoms with Gasteiger partial charge in [0.1, 0.15) is 13.2 Å². The number of rotatable bonds is 5. The van der Waals surface area contributed by atoms with E-state index >= 15 is 0 Å². The summed E-state index contributed by atoms with van der Waals surface area (Å²) < 4.78 is 10.9. The molecule has 0 atom stereocenters. The number of fused-ring (bicyclic) bond motifs is 1. The largest absolute Gasteiger partial charge is 0.486 e. The van der Waals surface area contributed by atoms with Crippen molar-refractivity contribution in [1.82, 2.24) is 4.90 Å². The maximum absolute atomic E-state index is 12.6. The Morgan fingerprint density at radius 3 is 2.57 bits per heavy atom. The van der Waals surface area contributed by atoms with E-state index in [2.05, 4.69) is 0 Å². The number of hydrogen-bond acceptors (Lipinski definition) is 4. The van der Waals surface area contributed by atoms with Gasteiger partial charge < -0.3 is 19.5 Å². The van der Waals surface area contributed by atoms with Crippen LogP contribution < -0.4 is 9.47 Å². The summed E-state index contributed by atoms with van der Waals surface area (Å²) in [6.07, 6.45) is 1.85. The van der Waals surface area contributed by atoms with Gasteiger partial charge in [-0.15, -0.1) is 0 Å². The van der Waals surface area contributed by atoms with E-state index in [4.69, 9.17) is 14.6 Å². The molecular formula is C15H17NO5. The monoisotopic (exact) mass is 291 g/mol. The fraction of sp³-hybridized carbons (Fsp3) is 0.467. The van der Waals surface area contributed by atoms with Gasteiger partial charge in [-0.05, 0) is 31.0 Å². The Bertz CT molecular complexity index is 567. The van der Waals surface area contributed by atoms with Crippen molar-refractivity contribution in [2.75, 3.05) is 19.8 Å². The van der Waals surface area contributed by atoms with E-state index in [1.807, 2.05) is 0 Å². The topological polar surface area (TPSA) is 76.1 Å². The van der Waals surface area contributed by atoms with Crippen molar-refractivity contribution in [2.24, 2.45) is 0 Å². The quantitative estimate of drug-likeness (QED) is 0.890.